The zero-order valence-corrected chi connectivity index (χ0v) is 10.6. The van der Waals surface area contributed by atoms with E-state index in [0.29, 0.717) is 11.3 Å². The summed E-state index contributed by atoms with van der Waals surface area (Å²) >= 11 is 0. The molecule has 18 heavy (non-hydrogen) atoms. The third-order valence-corrected chi connectivity index (χ3v) is 3.82. The first-order valence-corrected chi connectivity index (χ1v) is 6.50. The molecule has 0 amide bonds. The van der Waals surface area contributed by atoms with Crippen molar-refractivity contribution in [3.63, 3.8) is 0 Å². The van der Waals surface area contributed by atoms with Gasteiger partial charge >= 0.3 is 0 Å². The van der Waals surface area contributed by atoms with E-state index in [1.807, 2.05) is 0 Å². The summed E-state index contributed by atoms with van der Waals surface area (Å²) in [5.74, 6) is -0.0840. The largest absolute Gasteiger partial charge is 0.398 e. The first kappa shape index (κ1) is 12.3. The van der Waals surface area contributed by atoms with Crippen LogP contribution in [-0.2, 0) is 17.1 Å². The average molecular weight is 268 g/mol. The predicted molar refractivity (Wildman–Crippen MR) is 65.2 cm³/mol. The van der Waals surface area contributed by atoms with Gasteiger partial charge in [-0.25, -0.2) is 13.1 Å². The molecule has 0 aliphatic heterocycles. The van der Waals surface area contributed by atoms with Crippen LogP contribution in [0, 0.1) is 6.92 Å². The third kappa shape index (κ3) is 2.25. The molecular formula is C9H12N6O2S. The van der Waals surface area contributed by atoms with Crippen molar-refractivity contribution in [2.45, 2.75) is 11.8 Å². The first-order valence-electron chi connectivity index (χ1n) is 5.02. The zero-order chi connectivity index (χ0) is 13.3. The summed E-state index contributed by atoms with van der Waals surface area (Å²) < 4.78 is 26.4. The Morgan fingerprint density at radius 2 is 2.11 bits per heavy atom. The van der Waals surface area contributed by atoms with Gasteiger partial charge in [-0.05, 0) is 29.8 Å². The Morgan fingerprint density at radius 1 is 1.39 bits per heavy atom. The highest BCUT2D eigenvalue weighted by molar-refractivity contribution is 7.92. The lowest BCUT2D eigenvalue weighted by Gasteiger charge is -2.08. The molecule has 0 atom stereocenters. The van der Waals surface area contributed by atoms with Gasteiger partial charge in [0, 0.05) is 5.69 Å². The van der Waals surface area contributed by atoms with Gasteiger partial charge < -0.3 is 5.73 Å². The summed E-state index contributed by atoms with van der Waals surface area (Å²) in [5, 5.41) is 10.8. The number of hydrogen-bond acceptors (Lipinski definition) is 6. The Balaban J connectivity index is 2.40. The molecule has 0 bridgehead atoms. The topological polar surface area (TPSA) is 116 Å². The van der Waals surface area contributed by atoms with E-state index in [0.717, 1.165) is 4.80 Å². The van der Waals surface area contributed by atoms with Crippen LogP contribution in [0.25, 0.3) is 0 Å². The molecule has 0 radical (unpaired) electrons. The maximum Gasteiger partial charge on any atom is 0.277 e. The van der Waals surface area contributed by atoms with E-state index in [9.17, 15) is 8.42 Å². The van der Waals surface area contributed by atoms with Crippen LogP contribution in [0.4, 0.5) is 11.6 Å². The van der Waals surface area contributed by atoms with Gasteiger partial charge in [-0.2, -0.15) is 4.80 Å². The van der Waals surface area contributed by atoms with Gasteiger partial charge in [-0.3, -0.25) is 0 Å². The fraction of sp³-hybridized carbons (Fsp3) is 0.222. The van der Waals surface area contributed by atoms with Gasteiger partial charge in [0.25, 0.3) is 16.0 Å². The summed E-state index contributed by atoms with van der Waals surface area (Å²) in [4.78, 5) is 1.25. The number of nitrogens with zero attached hydrogens (tertiary/aromatic N) is 4. The molecule has 0 fully saturated rings. The quantitative estimate of drug-likeness (QED) is 0.751. The molecule has 9 heteroatoms. The molecule has 96 valence electrons. The van der Waals surface area contributed by atoms with Gasteiger partial charge in [0.2, 0.25) is 0 Å². The van der Waals surface area contributed by atoms with Gasteiger partial charge in [0.15, 0.2) is 0 Å². The highest BCUT2D eigenvalue weighted by Gasteiger charge is 2.19. The number of tetrazole rings is 1. The lowest BCUT2D eigenvalue weighted by Crippen LogP contribution is -2.16. The minimum absolute atomic E-state index is 0.0840. The number of anilines is 2. The molecule has 2 rings (SSSR count). The summed E-state index contributed by atoms with van der Waals surface area (Å²) in [6.07, 6.45) is 0. The van der Waals surface area contributed by atoms with Gasteiger partial charge in [0.05, 0.1) is 11.9 Å². The summed E-state index contributed by atoms with van der Waals surface area (Å²) in [6, 6.07) is 4.67. The predicted octanol–water partition coefficient (Wildman–Crippen LogP) is -0.0985. The minimum atomic E-state index is -3.76. The number of rotatable bonds is 3. The van der Waals surface area contributed by atoms with Crippen LogP contribution in [0.3, 0.4) is 0 Å². The van der Waals surface area contributed by atoms with E-state index in [1.54, 1.807) is 19.1 Å². The maximum atomic E-state index is 12.1. The SMILES string of the molecule is Cc1c(N)cccc1S(=O)(=O)Nc1nnn(C)n1. The van der Waals surface area contributed by atoms with E-state index in [-0.39, 0.29) is 10.8 Å². The average Bonchev–Trinajstić information content (AvgIpc) is 2.67. The van der Waals surface area contributed by atoms with Crippen molar-refractivity contribution in [3.8, 4) is 0 Å². The number of aryl methyl sites for hydroxylation is 1. The molecule has 3 N–H and O–H groups in total. The molecule has 0 unspecified atom stereocenters. The Morgan fingerprint density at radius 3 is 2.72 bits per heavy atom. The smallest absolute Gasteiger partial charge is 0.277 e. The number of nitrogen functional groups attached to an aromatic ring is 1. The van der Waals surface area contributed by atoms with Crippen LogP contribution in [0.1, 0.15) is 5.56 Å². The molecule has 1 aromatic heterocycles. The highest BCUT2D eigenvalue weighted by Crippen LogP contribution is 2.21. The molecule has 0 aliphatic rings. The monoisotopic (exact) mass is 268 g/mol. The van der Waals surface area contributed by atoms with E-state index < -0.39 is 10.0 Å². The zero-order valence-electron chi connectivity index (χ0n) is 9.82. The van der Waals surface area contributed by atoms with Crippen LogP contribution < -0.4 is 10.5 Å². The van der Waals surface area contributed by atoms with Crippen molar-refractivity contribution in [1.82, 2.24) is 20.2 Å². The summed E-state index contributed by atoms with van der Waals surface area (Å²) in [7, 11) is -2.22. The second-order valence-electron chi connectivity index (χ2n) is 3.68. The van der Waals surface area contributed by atoms with Crippen molar-refractivity contribution in [2.75, 3.05) is 10.5 Å². The number of nitrogens with one attached hydrogen (secondary N) is 1. The molecule has 2 aromatic rings. The number of hydrogen-bond donors (Lipinski definition) is 2. The lowest BCUT2D eigenvalue weighted by atomic mass is 10.2. The Labute approximate surface area is 104 Å². The number of benzene rings is 1. The van der Waals surface area contributed by atoms with E-state index in [4.69, 9.17) is 5.73 Å². The van der Waals surface area contributed by atoms with Crippen LogP contribution in [0.2, 0.25) is 0 Å². The second-order valence-corrected chi connectivity index (χ2v) is 5.33. The normalized spacial score (nSPS) is 11.4. The fourth-order valence-electron chi connectivity index (χ4n) is 1.42. The van der Waals surface area contributed by atoms with Crippen LogP contribution in [-0.4, -0.2) is 28.6 Å². The number of aromatic nitrogens is 4. The maximum absolute atomic E-state index is 12.1. The molecule has 0 saturated carbocycles. The van der Waals surface area contributed by atoms with Crippen LogP contribution in [0.5, 0.6) is 0 Å². The molecule has 0 spiro atoms. The molecule has 1 aromatic carbocycles. The summed E-state index contributed by atoms with van der Waals surface area (Å²) in [6.45, 7) is 1.63. The minimum Gasteiger partial charge on any atom is -0.398 e. The highest BCUT2D eigenvalue weighted by atomic mass is 32.2. The molecule has 8 nitrogen and oxygen atoms in total. The second kappa shape index (κ2) is 4.26. The van der Waals surface area contributed by atoms with Gasteiger partial charge in [-0.15, -0.1) is 5.10 Å². The van der Waals surface area contributed by atoms with Crippen molar-refractivity contribution in [2.24, 2.45) is 7.05 Å². The van der Waals surface area contributed by atoms with E-state index >= 15 is 0 Å². The van der Waals surface area contributed by atoms with Crippen molar-refractivity contribution < 1.29 is 8.42 Å². The van der Waals surface area contributed by atoms with Crippen molar-refractivity contribution >= 4 is 21.7 Å². The van der Waals surface area contributed by atoms with Crippen LogP contribution in [0.15, 0.2) is 23.1 Å². The van der Waals surface area contributed by atoms with E-state index in [1.165, 1.54) is 13.1 Å². The summed E-state index contributed by atoms with van der Waals surface area (Å²) in [5.41, 5.74) is 6.56. The standard InChI is InChI=1S/C9H12N6O2S/c1-6-7(10)4-3-5-8(6)18(16,17)13-9-11-14-15(2)12-9/h3-5H,10H2,1-2H3,(H,12,13). The van der Waals surface area contributed by atoms with E-state index in [2.05, 4.69) is 20.1 Å². The Hall–Kier alpha value is -2.16. The Kier molecular flexibility index (Phi) is 2.91. The number of sulfonamides is 1. The molecular weight excluding hydrogens is 256 g/mol. The lowest BCUT2D eigenvalue weighted by molar-refractivity contribution is 0.600. The third-order valence-electron chi connectivity index (χ3n) is 2.35. The van der Waals surface area contributed by atoms with Crippen molar-refractivity contribution in [3.05, 3.63) is 23.8 Å². The fourth-order valence-corrected chi connectivity index (χ4v) is 2.63. The number of nitrogens with two attached hydrogens (primary N) is 1. The molecule has 1 heterocycles. The van der Waals surface area contributed by atoms with Gasteiger partial charge in [0.1, 0.15) is 0 Å². The van der Waals surface area contributed by atoms with Gasteiger partial charge in [-0.1, -0.05) is 11.2 Å². The molecule has 0 saturated heterocycles. The first-order chi connectivity index (χ1) is 8.40. The van der Waals surface area contributed by atoms with Crippen molar-refractivity contribution in [1.29, 1.82) is 0 Å². The molecule has 0 aliphatic carbocycles. The Bertz CT molecular complexity index is 678. The van der Waals surface area contributed by atoms with Crippen LogP contribution >= 0.6 is 0 Å².